The van der Waals surface area contributed by atoms with Crippen LogP contribution in [0.4, 0.5) is 0 Å². The molecule has 0 spiro atoms. The molecule has 2 aliphatic rings. The molecule has 114 valence electrons. The summed E-state index contributed by atoms with van der Waals surface area (Å²) < 4.78 is 5.55. The zero-order chi connectivity index (χ0) is 14.6. The van der Waals surface area contributed by atoms with Crippen molar-refractivity contribution in [1.82, 2.24) is 10.7 Å². The Morgan fingerprint density at radius 2 is 2.30 bits per heavy atom. The summed E-state index contributed by atoms with van der Waals surface area (Å²) in [5.41, 5.74) is 4.57. The lowest BCUT2D eigenvalue weighted by Crippen LogP contribution is -2.38. The van der Waals surface area contributed by atoms with Gasteiger partial charge in [0.05, 0.1) is 6.10 Å². The SMILES string of the molecule is C[C@H]1C/C(=N\NC(=S)NC[C@H]2CCCO2)CC(C)(C)C1. The van der Waals surface area contributed by atoms with Gasteiger partial charge in [-0.1, -0.05) is 20.8 Å². The van der Waals surface area contributed by atoms with Crippen molar-refractivity contribution < 1.29 is 4.74 Å². The van der Waals surface area contributed by atoms with Crippen LogP contribution in [-0.2, 0) is 4.74 Å². The van der Waals surface area contributed by atoms with Gasteiger partial charge in [0.1, 0.15) is 0 Å². The third-order valence-electron chi connectivity index (χ3n) is 4.00. The highest BCUT2D eigenvalue weighted by molar-refractivity contribution is 7.80. The van der Waals surface area contributed by atoms with Crippen molar-refractivity contribution in [3.05, 3.63) is 0 Å². The minimum Gasteiger partial charge on any atom is -0.376 e. The van der Waals surface area contributed by atoms with Crippen LogP contribution in [0.1, 0.15) is 52.9 Å². The highest BCUT2D eigenvalue weighted by Gasteiger charge is 2.29. The van der Waals surface area contributed by atoms with Crippen LogP contribution in [0.2, 0.25) is 0 Å². The van der Waals surface area contributed by atoms with Crippen molar-refractivity contribution in [2.75, 3.05) is 13.2 Å². The van der Waals surface area contributed by atoms with Gasteiger partial charge in [-0.2, -0.15) is 5.10 Å². The number of nitrogens with zero attached hydrogens (tertiary/aromatic N) is 1. The van der Waals surface area contributed by atoms with Gasteiger partial charge in [0.15, 0.2) is 5.11 Å². The molecule has 2 rings (SSSR count). The number of rotatable bonds is 3. The van der Waals surface area contributed by atoms with Gasteiger partial charge in [-0.3, -0.25) is 5.43 Å². The van der Waals surface area contributed by atoms with Crippen molar-refractivity contribution in [1.29, 1.82) is 0 Å². The first-order chi connectivity index (χ1) is 9.44. The Balaban J connectivity index is 1.74. The van der Waals surface area contributed by atoms with Crippen molar-refractivity contribution >= 4 is 23.0 Å². The lowest BCUT2D eigenvalue weighted by Gasteiger charge is -2.34. The van der Waals surface area contributed by atoms with Crippen molar-refractivity contribution in [2.24, 2.45) is 16.4 Å². The summed E-state index contributed by atoms with van der Waals surface area (Å²) in [5.74, 6) is 0.702. The van der Waals surface area contributed by atoms with E-state index in [4.69, 9.17) is 17.0 Å². The van der Waals surface area contributed by atoms with Crippen LogP contribution in [0.25, 0.3) is 0 Å². The van der Waals surface area contributed by atoms with E-state index >= 15 is 0 Å². The maximum absolute atomic E-state index is 5.55. The van der Waals surface area contributed by atoms with Crippen LogP contribution in [0.15, 0.2) is 5.10 Å². The molecule has 0 radical (unpaired) electrons. The van der Waals surface area contributed by atoms with Gasteiger partial charge in [-0.05, 0) is 55.7 Å². The van der Waals surface area contributed by atoms with Crippen LogP contribution < -0.4 is 10.7 Å². The molecular weight excluding hydrogens is 270 g/mol. The molecule has 1 aliphatic heterocycles. The molecule has 1 aliphatic carbocycles. The second-order valence-corrected chi connectivity index (χ2v) is 7.40. The Hall–Kier alpha value is -0.680. The summed E-state index contributed by atoms with van der Waals surface area (Å²) in [6.45, 7) is 8.57. The zero-order valence-electron chi connectivity index (χ0n) is 12.9. The third kappa shape index (κ3) is 5.02. The van der Waals surface area contributed by atoms with E-state index in [2.05, 4.69) is 36.6 Å². The fraction of sp³-hybridized carbons (Fsp3) is 0.867. The monoisotopic (exact) mass is 297 g/mol. The van der Waals surface area contributed by atoms with Gasteiger partial charge in [-0.15, -0.1) is 0 Å². The first kappa shape index (κ1) is 15.7. The maximum atomic E-state index is 5.55. The molecule has 1 heterocycles. The average Bonchev–Trinajstić information content (AvgIpc) is 2.84. The molecule has 4 nitrogen and oxygen atoms in total. The van der Waals surface area contributed by atoms with Crippen LogP contribution >= 0.6 is 12.2 Å². The van der Waals surface area contributed by atoms with Gasteiger partial charge in [0.2, 0.25) is 0 Å². The molecular formula is C15H27N3OS. The summed E-state index contributed by atoms with van der Waals surface area (Å²) in [6, 6.07) is 0. The molecule has 0 bridgehead atoms. The molecule has 1 saturated carbocycles. The van der Waals surface area contributed by atoms with Gasteiger partial charge in [0.25, 0.3) is 0 Å². The van der Waals surface area contributed by atoms with Crippen molar-refractivity contribution in [3.8, 4) is 0 Å². The van der Waals surface area contributed by atoms with E-state index in [1.807, 2.05) is 0 Å². The molecule has 0 aromatic carbocycles. The molecule has 2 N–H and O–H groups in total. The third-order valence-corrected chi connectivity index (χ3v) is 4.23. The minimum absolute atomic E-state index is 0.302. The predicted molar refractivity (Wildman–Crippen MR) is 86.9 cm³/mol. The van der Waals surface area contributed by atoms with Gasteiger partial charge in [-0.25, -0.2) is 0 Å². The molecule has 5 heteroatoms. The first-order valence-corrected chi connectivity index (χ1v) is 8.06. The van der Waals surface area contributed by atoms with Crippen molar-refractivity contribution in [3.63, 3.8) is 0 Å². The van der Waals surface area contributed by atoms with E-state index < -0.39 is 0 Å². The molecule has 0 aromatic rings. The lowest BCUT2D eigenvalue weighted by molar-refractivity contribution is 0.114. The van der Waals surface area contributed by atoms with E-state index in [0.29, 0.717) is 22.5 Å². The highest BCUT2D eigenvalue weighted by atomic mass is 32.1. The minimum atomic E-state index is 0.302. The van der Waals surface area contributed by atoms with E-state index in [9.17, 15) is 0 Å². The second kappa shape index (κ2) is 6.85. The molecule has 2 atom stereocenters. The summed E-state index contributed by atoms with van der Waals surface area (Å²) in [6.07, 6.45) is 5.98. The average molecular weight is 297 g/mol. The van der Waals surface area contributed by atoms with Gasteiger partial charge < -0.3 is 10.1 Å². The fourth-order valence-electron chi connectivity index (χ4n) is 3.38. The Morgan fingerprint density at radius 3 is 2.95 bits per heavy atom. The van der Waals surface area contributed by atoms with E-state index in [1.165, 1.54) is 12.1 Å². The largest absolute Gasteiger partial charge is 0.376 e. The standard InChI is InChI=1S/C15H27N3OS/c1-11-7-12(9-15(2,3)8-11)17-18-14(20)16-10-13-5-4-6-19-13/h11,13H,4-10H2,1-3H3,(H2,16,18,20)/b17-12+/t11-,13+/m0/s1. The summed E-state index contributed by atoms with van der Waals surface area (Å²) in [7, 11) is 0. The lowest BCUT2D eigenvalue weighted by atomic mass is 9.72. The summed E-state index contributed by atoms with van der Waals surface area (Å²) in [5, 5.41) is 8.28. The van der Waals surface area contributed by atoms with Crippen LogP contribution in [0, 0.1) is 11.3 Å². The molecule has 1 saturated heterocycles. The van der Waals surface area contributed by atoms with Crippen LogP contribution in [0.3, 0.4) is 0 Å². The maximum Gasteiger partial charge on any atom is 0.187 e. The van der Waals surface area contributed by atoms with Gasteiger partial charge in [0, 0.05) is 18.9 Å². The number of ether oxygens (including phenoxy) is 1. The Labute approximate surface area is 127 Å². The zero-order valence-corrected chi connectivity index (χ0v) is 13.7. The highest BCUT2D eigenvalue weighted by Crippen LogP contribution is 2.36. The quantitative estimate of drug-likeness (QED) is 0.621. The Bertz CT molecular complexity index is 375. The predicted octanol–water partition coefficient (Wildman–Crippen LogP) is 2.83. The second-order valence-electron chi connectivity index (χ2n) is 6.99. The number of hydrogen-bond acceptors (Lipinski definition) is 3. The molecule has 0 amide bonds. The fourth-order valence-corrected chi connectivity index (χ4v) is 3.51. The van der Waals surface area contributed by atoms with E-state index in [0.717, 1.165) is 38.8 Å². The normalized spacial score (nSPS) is 31.2. The van der Waals surface area contributed by atoms with E-state index in [1.54, 1.807) is 0 Å². The topological polar surface area (TPSA) is 45.7 Å². The smallest absolute Gasteiger partial charge is 0.187 e. The Morgan fingerprint density at radius 1 is 1.50 bits per heavy atom. The molecule has 0 aromatic heterocycles. The number of hydrogen-bond donors (Lipinski definition) is 2. The molecule has 20 heavy (non-hydrogen) atoms. The van der Waals surface area contributed by atoms with E-state index in [-0.39, 0.29) is 0 Å². The molecule has 0 unspecified atom stereocenters. The number of thiocarbonyl (C=S) groups is 1. The van der Waals surface area contributed by atoms with Gasteiger partial charge >= 0.3 is 0 Å². The number of nitrogens with one attached hydrogen (secondary N) is 2. The number of hydrazone groups is 1. The summed E-state index contributed by atoms with van der Waals surface area (Å²) >= 11 is 5.26. The van der Waals surface area contributed by atoms with Crippen LogP contribution in [0.5, 0.6) is 0 Å². The summed E-state index contributed by atoms with van der Waals surface area (Å²) in [4.78, 5) is 0. The van der Waals surface area contributed by atoms with Crippen LogP contribution in [-0.4, -0.2) is 30.1 Å². The molecule has 2 fully saturated rings. The Kier molecular flexibility index (Phi) is 5.38. The van der Waals surface area contributed by atoms with Crippen molar-refractivity contribution in [2.45, 2.75) is 59.0 Å². The first-order valence-electron chi connectivity index (χ1n) is 7.65.